The Morgan fingerprint density at radius 1 is 0.333 bits per heavy atom. The van der Waals surface area contributed by atoms with Crippen LogP contribution in [0.3, 0.4) is 0 Å². The number of rotatable bonds is 0. The molecule has 0 unspecified atom stereocenters. The SMILES string of the molecule is c1cc[c]2c(c1)-c1cccc[c]1[Ge]21[c]2ccc[n+]3c2-n2c4[c]1cccc4c1ccc4c(c12)C31c2c(ccc3c5ccc[c]6c5n(c23)-c2[c](ccc[n+]21)[Ge]61[c]2ccccc2-c2cccc[c]21)O4. The van der Waals surface area contributed by atoms with Gasteiger partial charge in [0.15, 0.2) is 0 Å². The van der Waals surface area contributed by atoms with Gasteiger partial charge >= 0.3 is 385 Å². The van der Waals surface area contributed by atoms with E-state index in [1.165, 1.54) is 124 Å². The Bertz CT molecular complexity index is 4100. The number of para-hydroxylation sites is 2. The summed E-state index contributed by atoms with van der Waals surface area (Å²) in [5, 5.41) is 5.22. The van der Waals surface area contributed by atoms with Crippen LogP contribution >= 0.6 is 0 Å². The molecule has 5 nitrogen and oxygen atoms in total. The van der Waals surface area contributed by atoms with E-state index in [0.717, 1.165) is 11.5 Å². The second-order valence-corrected chi connectivity index (χ2v) is 34.8. The molecule has 11 heterocycles. The molecule has 0 atom stereocenters. The average Bonchev–Trinajstić information content (AvgIpc) is 4.09. The van der Waals surface area contributed by atoms with E-state index in [1.54, 1.807) is 0 Å². The van der Waals surface area contributed by atoms with E-state index >= 15 is 0 Å². The van der Waals surface area contributed by atoms with Crippen molar-refractivity contribution in [2.24, 2.45) is 0 Å². The molecule has 0 aliphatic carbocycles. The third kappa shape index (κ3) is 2.97. The molecule has 0 radical (unpaired) electrons. The molecule has 12 aromatic rings. The van der Waals surface area contributed by atoms with Crippen molar-refractivity contribution >= 4 is 105 Å². The molecule has 7 aliphatic heterocycles. The maximum atomic E-state index is 7.36. The summed E-state index contributed by atoms with van der Waals surface area (Å²) in [5.74, 6) is 4.46. The topological polar surface area (TPSA) is 26.8 Å². The van der Waals surface area contributed by atoms with E-state index < -0.39 is 32.2 Å². The van der Waals surface area contributed by atoms with Crippen LogP contribution in [0.25, 0.3) is 77.5 Å². The summed E-state index contributed by atoms with van der Waals surface area (Å²) in [6, 6.07) is 71.2. The monoisotopic (exact) mass is 960 g/mol. The van der Waals surface area contributed by atoms with E-state index in [0.29, 0.717) is 0 Å². The molecule has 0 saturated carbocycles. The minimum absolute atomic E-state index is 0.829. The Kier molecular flexibility index (Phi) is 5.17. The van der Waals surface area contributed by atoms with Gasteiger partial charge < -0.3 is 0 Å². The summed E-state index contributed by atoms with van der Waals surface area (Å²) in [4.78, 5) is 0. The molecule has 8 aromatic carbocycles. The van der Waals surface area contributed by atoms with E-state index in [9.17, 15) is 0 Å². The molecule has 7 heteroatoms. The first-order chi connectivity index (χ1) is 32.8. The van der Waals surface area contributed by atoms with Gasteiger partial charge in [0.05, 0.1) is 0 Å². The number of fused-ring (bicyclic) bond motifs is 16. The van der Waals surface area contributed by atoms with Gasteiger partial charge in [0.1, 0.15) is 0 Å². The molecule has 66 heavy (non-hydrogen) atoms. The predicted octanol–water partition coefficient (Wildman–Crippen LogP) is 5.83. The maximum absolute atomic E-state index is 7.36. The Labute approximate surface area is 382 Å². The quantitative estimate of drug-likeness (QED) is 0.139. The molecule has 0 fully saturated rings. The van der Waals surface area contributed by atoms with Crippen LogP contribution in [-0.2, 0) is 5.66 Å². The van der Waals surface area contributed by atoms with Crippen molar-refractivity contribution in [2.75, 3.05) is 0 Å². The minimum atomic E-state index is -3.74. The molecule has 7 aliphatic rings. The molecule has 4 aromatic heterocycles. The molecule has 19 rings (SSSR count). The van der Waals surface area contributed by atoms with Crippen LogP contribution in [0.15, 0.2) is 194 Å². The number of ether oxygens (including phenoxy) is 1. The van der Waals surface area contributed by atoms with Crippen molar-refractivity contribution in [3.05, 3.63) is 206 Å². The van der Waals surface area contributed by atoms with Crippen molar-refractivity contribution < 1.29 is 13.9 Å². The van der Waals surface area contributed by atoms with Gasteiger partial charge in [-0.1, -0.05) is 0 Å². The first-order valence-corrected chi connectivity index (χ1v) is 31.6. The van der Waals surface area contributed by atoms with Crippen LogP contribution in [0, 0.1) is 0 Å². The van der Waals surface area contributed by atoms with E-state index in [1.807, 2.05) is 0 Å². The summed E-state index contributed by atoms with van der Waals surface area (Å²) in [7, 11) is 0. The number of pyridine rings is 2. The van der Waals surface area contributed by atoms with E-state index in [-0.39, 0.29) is 0 Å². The van der Waals surface area contributed by atoms with E-state index in [4.69, 9.17) is 4.74 Å². The fraction of sp³-hybridized carbons (Fsp3) is 0.0169. The zero-order valence-electron chi connectivity index (χ0n) is 35.2. The third-order valence-corrected chi connectivity index (χ3v) is 37.9. The molecule has 3 spiro atoms. The van der Waals surface area contributed by atoms with Crippen LogP contribution in [-0.4, -0.2) is 35.7 Å². The molecule has 0 amide bonds. The van der Waals surface area contributed by atoms with Crippen molar-refractivity contribution in [1.29, 1.82) is 0 Å². The third-order valence-electron chi connectivity index (χ3n) is 17.3. The van der Waals surface area contributed by atoms with Gasteiger partial charge in [-0.25, -0.2) is 0 Å². The van der Waals surface area contributed by atoms with Crippen LogP contribution in [0.5, 0.6) is 11.5 Å². The Morgan fingerprint density at radius 3 is 1.12 bits per heavy atom. The van der Waals surface area contributed by atoms with Gasteiger partial charge in [0.2, 0.25) is 0 Å². The number of hydrogen-bond acceptors (Lipinski definition) is 1. The number of aromatic nitrogens is 4. The van der Waals surface area contributed by atoms with Gasteiger partial charge in [0, 0.05) is 0 Å². The van der Waals surface area contributed by atoms with Crippen LogP contribution in [0.2, 0.25) is 0 Å². The fourth-order valence-electron chi connectivity index (χ4n) is 15.5. The Balaban J connectivity index is 1.09. The van der Waals surface area contributed by atoms with Crippen LogP contribution < -0.4 is 49.0 Å². The van der Waals surface area contributed by atoms with Crippen molar-refractivity contribution in [1.82, 2.24) is 9.13 Å². The predicted molar refractivity (Wildman–Crippen MR) is 266 cm³/mol. The van der Waals surface area contributed by atoms with Crippen LogP contribution in [0.1, 0.15) is 11.1 Å². The molecule has 300 valence electrons. The molecular formula is C59H32Ge2N4O+2. The summed E-state index contributed by atoms with van der Waals surface area (Å²) in [5.41, 5.74) is 12.5. The van der Waals surface area contributed by atoms with Gasteiger partial charge in [-0.2, -0.15) is 0 Å². The first kappa shape index (κ1) is 33.1. The first-order valence-electron chi connectivity index (χ1n) is 23.2. The van der Waals surface area contributed by atoms with Crippen molar-refractivity contribution in [2.45, 2.75) is 5.66 Å². The normalized spacial score (nSPS) is 16.7. The van der Waals surface area contributed by atoms with Gasteiger partial charge in [0.25, 0.3) is 0 Å². The standard InChI is InChI=1S/C59H32Ge2N4O/c1-5-19-41-33(13-1)34-14-2-6-20-42(34)60(41)45-23-9-17-37-39-27-29-49-51-55(39)64(53(37)45)57-47(60)25-11-31-62(57)59(51)52-50(66-49)30-28-40-38-18-10-24-46-54(38)65(56(40)52)58-48(26-12-32-63(58)59)61(46)43-21-7-3-15-35(43)36-16-4-8-22-44(36)61/h1-32H/q+2. The Morgan fingerprint density at radius 2 is 0.697 bits per heavy atom. The second-order valence-electron chi connectivity index (χ2n) is 19.4. The second kappa shape index (κ2) is 10.3. The Hall–Kier alpha value is -7.45. The zero-order chi connectivity index (χ0) is 42.2. The van der Waals surface area contributed by atoms with Gasteiger partial charge in [-0.15, -0.1) is 0 Å². The number of hydrogen-bond donors (Lipinski definition) is 0. The van der Waals surface area contributed by atoms with Gasteiger partial charge in [-0.05, 0) is 0 Å². The summed E-state index contributed by atoms with van der Waals surface area (Å²) in [6.07, 6.45) is 4.86. The van der Waals surface area contributed by atoms with Crippen molar-refractivity contribution in [3.63, 3.8) is 0 Å². The molecule has 0 saturated heterocycles. The summed E-state index contributed by atoms with van der Waals surface area (Å²) < 4.78 is 30.4. The fourth-order valence-corrected chi connectivity index (χ4v) is 38.7. The van der Waals surface area contributed by atoms with Gasteiger partial charge in [-0.3, -0.25) is 0 Å². The average molecular weight is 958 g/mol. The number of benzene rings is 8. The zero-order valence-corrected chi connectivity index (χ0v) is 39.4. The molecule has 0 bridgehead atoms. The molecule has 0 N–H and O–H groups in total. The summed E-state index contributed by atoms with van der Waals surface area (Å²) >= 11 is -7.48. The van der Waals surface area contributed by atoms with Crippen molar-refractivity contribution in [3.8, 4) is 45.4 Å². The molecular weight excluding hydrogens is 926 g/mol. The number of nitrogens with zero attached hydrogens (tertiary/aromatic N) is 4. The van der Waals surface area contributed by atoms with Crippen LogP contribution in [0.4, 0.5) is 0 Å². The van der Waals surface area contributed by atoms with E-state index in [2.05, 4.69) is 213 Å². The summed E-state index contributed by atoms with van der Waals surface area (Å²) in [6.45, 7) is 0.